The Morgan fingerprint density at radius 2 is 2.20 bits per heavy atom. The highest BCUT2D eigenvalue weighted by Gasteiger charge is 2.20. The van der Waals surface area contributed by atoms with E-state index in [1.807, 2.05) is 19.1 Å². The van der Waals surface area contributed by atoms with E-state index in [0.717, 1.165) is 13.1 Å². The smallest absolute Gasteiger partial charge is 0.252 e. The Morgan fingerprint density at radius 3 is 2.75 bits per heavy atom. The normalized spacial score (nSPS) is 11.4. The summed E-state index contributed by atoms with van der Waals surface area (Å²) in [6, 6.07) is 5.46. The zero-order valence-electron chi connectivity index (χ0n) is 12.5. The van der Waals surface area contributed by atoms with Crippen LogP contribution in [0.5, 0.6) is 0 Å². The average Bonchev–Trinajstić information content (AvgIpc) is 2.45. The van der Waals surface area contributed by atoms with Crippen LogP contribution in [0, 0.1) is 5.41 Å². The Kier molecular flexibility index (Phi) is 6.41. The lowest BCUT2D eigenvalue weighted by Gasteiger charge is -2.30. The Bertz CT molecular complexity index is 407. The minimum atomic E-state index is -0.0923. The van der Waals surface area contributed by atoms with Gasteiger partial charge in [-0.2, -0.15) is 0 Å². The fraction of sp³-hybridized carbons (Fsp3) is 0.571. The van der Waals surface area contributed by atoms with Crippen LogP contribution in [0.2, 0.25) is 0 Å². The molecule has 1 amide bonds. The first-order valence-corrected chi connectivity index (χ1v) is 6.85. The molecule has 0 fully saturated rings. The number of carbonyl (C=O) groups excluding carboxylic acids is 1. The predicted molar refractivity (Wildman–Crippen MR) is 81.0 cm³/mol. The quantitative estimate of drug-likeness (QED) is 0.614. The van der Waals surface area contributed by atoms with Crippen LogP contribution in [0.15, 0.2) is 24.4 Å². The van der Waals surface area contributed by atoms with Crippen LogP contribution in [0.25, 0.3) is 0 Å². The van der Waals surface area contributed by atoms with Crippen molar-refractivity contribution in [2.45, 2.75) is 20.8 Å². The summed E-state index contributed by atoms with van der Waals surface area (Å²) in [6.07, 6.45) is 1.66. The summed E-state index contributed by atoms with van der Waals surface area (Å²) in [7, 11) is 0. The molecule has 6 nitrogen and oxygen atoms in total. The molecule has 4 N–H and O–H groups in total. The molecule has 0 atom stereocenters. The Hall–Kier alpha value is -1.66. The van der Waals surface area contributed by atoms with Crippen molar-refractivity contribution in [2.75, 3.05) is 31.6 Å². The number of carbonyl (C=O) groups is 1. The fourth-order valence-corrected chi connectivity index (χ4v) is 1.76. The van der Waals surface area contributed by atoms with E-state index >= 15 is 0 Å². The summed E-state index contributed by atoms with van der Waals surface area (Å²) in [6.45, 7) is 8.75. The third-order valence-electron chi connectivity index (χ3n) is 3.01. The summed E-state index contributed by atoms with van der Waals surface area (Å²) in [5, 5.41) is 0. The van der Waals surface area contributed by atoms with E-state index in [-0.39, 0.29) is 11.3 Å². The maximum absolute atomic E-state index is 11.9. The zero-order valence-corrected chi connectivity index (χ0v) is 12.5. The average molecular weight is 279 g/mol. The van der Waals surface area contributed by atoms with E-state index in [1.165, 1.54) is 0 Å². The number of hydrazine groups is 1. The molecule has 0 aliphatic carbocycles. The second-order valence-corrected chi connectivity index (χ2v) is 5.56. The highest BCUT2D eigenvalue weighted by atomic mass is 16.2. The molecule has 0 saturated carbocycles. The van der Waals surface area contributed by atoms with Gasteiger partial charge in [0.05, 0.1) is 6.54 Å². The number of nitrogens with one attached hydrogen (secondary N) is 2. The van der Waals surface area contributed by atoms with Crippen LogP contribution >= 0.6 is 0 Å². The van der Waals surface area contributed by atoms with Crippen molar-refractivity contribution in [1.82, 2.24) is 15.3 Å². The number of likely N-dealkylation sites (N-methyl/N-ethyl adjacent to an activating group) is 1. The van der Waals surface area contributed by atoms with Crippen LogP contribution in [0.1, 0.15) is 20.8 Å². The van der Waals surface area contributed by atoms with Gasteiger partial charge in [0.25, 0.3) is 5.91 Å². The number of aromatic nitrogens is 1. The number of anilines is 1. The van der Waals surface area contributed by atoms with Gasteiger partial charge < -0.3 is 5.73 Å². The Labute approximate surface area is 120 Å². The predicted octanol–water partition coefficient (Wildman–Crippen LogP) is 0.831. The lowest BCUT2D eigenvalue weighted by Crippen LogP contribution is -2.44. The van der Waals surface area contributed by atoms with Crippen LogP contribution in [0.3, 0.4) is 0 Å². The van der Waals surface area contributed by atoms with E-state index in [9.17, 15) is 4.79 Å². The van der Waals surface area contributed by atoms with Gasteiger partial charge >= 0.3 is 0 Å². The molecule has 1 aromatic heterocycles. The van der Waals surface area contributed by atoms with Gasteiger partial charge in [-0.3, -0.25) is 20.5 Å². The molecule has 20 heavy (non-hydrogen) atoms. The van der Waals surface area contributed by atoms with E-state index in [0.29, 0.717) is 18.9 Å². The van der Waals surface area contributed by atoms with Gasteiger partial charge in [-0.1, -0.05) is 26.8 Å². The van der Waals surface area contributed by atoms with Crippen molar-refractivity contribution < 1.29 is 4.79 Å². The van der Waals surface area contributed by atoms with Crippen LogP contribution in [0.4, 0.5) is 5.82 Å². The lowest BCUT2D eigenvalue weighted by molar-refractivity contribution is -0.122. The minimum Gasteiger partial charge on any atom is -0.330 e. The molecule has 0 spiro atoms. The highest BCUT2D eigenvalue weighted by molar-refractivity contribution is 5.79. The highest BCUT2D eigenvalue weighted by Crippen LogP contribution is 2.14. The molecule has 1 heterocycles. The van der Waals surface area contributed by atoms with Gasteiger partial charge in [0, 0.05) is 12.7 Å². The molecule has 1 aromatic rings. The van der Waals surface area contributed by atoms with Gasteiger partial charge in [0.1, 0.15) is 5.82 Å². The van der Waals surface area contributed by atoms with Crippen molar-refractivity contribution in [3.8, 4) is 0 Å². The molecule has 0 aromatic carbocycles. The van der Waals surface area contributed by atoms with Gasteiger partial charge in [0.2, 0.25) is 0 Å². The molecule has 6 heteroatoms. The maximum atomic E-state index is 11.9. The van der Waals surface area contributed by atoms with E-state index in [2.05, 4.69) is 34.6 Å². The summed E-state index contributed by atoms with van der Waals surface area (Å²) in [5.74, 6) is 0.525. The summed E-state index contributed by atoms with van der Waals surface area (Å²) < 4.78 is 0. The standard InChI is InChI=1S/C14H25N5O/c1-4-19(11-14(2,3)10-15)9-13(20)18-17-12-7-5-6-8-16-12/h5-8H,4,9-11,15H2,1-3H3,(H,16,17)(H,18,20). The zero-order chi connectivity index (χ0) is 15.0. The number of pyridine rings is 1. The topological polar surface area (TPSA) is 83.3 Å². The van der Waals surface area contributed by atoms with Crippen LogP contribution in [-0.2, 0) is 4.79 Å². The number of nitrogens with two attached hydrogens (primary N) is 1. The summed E-state index contributed by atoms with van der Waals surface area (Å²) in [4.78, 5) is 18.0. The first-order valence-electron chi connectivity index (χ1n) is 6.85. The first kappa shape index (κ1) is 16.4. The maximum Gasteiger partial charge on any atom is 0.252 e. The molecule has 0 bridgehead atoms. The molecular formula is C14H25N5O. The molecule has 0 aliphatic rings. The van der Waals surface area contributed by atoms with Gasteiger partial charge in [-0.05, 0) is 30.6 Å². The molecular weight excluding hydrogens is 254 g/mol. The van der Waals surface area contributed by atoms with E-state index < -0.39 is 0 Å². The van der Waals surface area contributed by atoms with Gasteiger partial charge in [0.15, 0.2) is 0 Å². The fourth-order valence-electron chi connectivity index (χ4n) is 1.76. The van der Waals surface area contributed by atoms with Crippen molar-refractivity contribution in [2.24, 2.45) is 11.1 Å². The molecule has 0 saturated heterocycles. The van der Waals surface area contributed by atoms with Crippen LogP contribution < -0.4 is 16.6 Å². The number of hydrogen-bond acceptors (Lipinski definition) is 5. The second-order valence-electron chi connectivity index (χ2n) is 5.56. The van der Waals surface area contributed by atoms with E-state index in [4.69, 9.17) is 5.73 Å². The monoisotopic (exact) mass is 279 g/mol. The van der Waals surface area contributed by atoms with Gasteiger partial charge in [-0.25, -0.2) is 4.98 Å². The molecule has 0 radical (unpaired) electrons. The lowest BCUT2D eigenvalue weighted by atomic mass is 9.93. The number of rotatable bonds is 8. The van der Waals surface area contributed by atoms with Crippen molar-refractivity contribution in [3.63, 3.8) is 0 Å². The Morgan fingerprint density at radius 1 is 1.45 bits per heavy atom. The summed E-state index contributed by atoms with van der Waals surface area (Å²) in [5.41, 5.74) is 11.2. The van der Waals surface area contributed by atoms with E-state index in [1.54, 1.807) is 12.3 Å². The molecule has 0 aliphatic heterocycles. The summed E-state index contributed by atoms with van der Waals surface area (Å²) >= 11 is 0. The molecule has 0 unspecified atom stereocenters. The SMILES string of the molecule is CCN(CC(=O)NNc1ccccn1)CC(C)(C)CN. The third-order valence-corrected chi connectivity index (χ3v) is 3.01. The number of nitrogens with zero attached hydrogens (tertiary/aromatic N) is 2. The number of amides is 1. The Balaban J connectivity index is 2.40. The number of hydrogen-bond donors (Lipinski definition) is 3. The van der Waals surface area contributed by atoms with Gasteiger partial charge in [-0.15, -0.1) is 0 Å². The van der Waals surface area contributed by atoms with Crippen LogP contribution in [-0.4, -0.2) is 42.0 Å². The largest absolute Gasteiger partial charge is 0.330 e. The first-order chi connectivity index (χ1) is 9.46. The second kappa shape index (κ2) is 7.81. The van der Waals surface area contributed by atoms with Crippen molar-refractivity contribution in [3.05, 3.63) is 24.4 Å². The minimum absolute atomic E-state index is 0.00467. The molecule has 1 rings (SSSR count). The van der Waals surface area contributed by atoms with Crippen molar-refractivity contribution in [1.29, 1.82) is 0 Å². The third kappa shape index (κ3) is 5.99. The molecule has 112 valence electrons. The van der Waals surface area contributed by atoms with Crippen molar-refractivity contribution >= 4 is 11.7 Å².